The molecule has 0 aliphatic rings. The van der Waals surface area contributed by atoms with Crippen molar-refractivity contribution in [2.75, 3.05) is 0 Å². The van der Waals surface area contributed by atoms with Gasteiger partial charge in [0.1, 0.15) is 6.10 Å². The second-order valence-corrected chi connectivity index (χ2v) is 3.13. The normalized spacial score (nSPS) is 20.2. The zero-order valence-corrected chi connectivity index (χ0v) is 7.17. The summed E-state index contributed by atoms with van der Waals surface area (Å²) >= 11 is 0. The Kier molecular flexibility index (Phi) is 4.02. The summed E-state index contributed by atoms with van der Waals surface area (Å²) in [6.45, 7) is 2.09. The summed E-state index contributed by atoms with van der Waals surface area (Å²) in [6.07, 6.45) is -3.33. The van der Waals surface area contributed by atoms with Crippen molar-refractivity contribution >= 4 is 0 Å². The second kappa shape index (κ2) is 4.11. The molecule has 0 bridgehead atoms. The molecule has 74 valence electrons. The highest BCUT2D eigenvalue weighted by atomic mass is 19.3. The molecule has 0 unspecified atom stereocenters. The largest absolute Gasteiger partial charge is 0.391 e. The molecule has 12 heavy (non-hydrogen) atoms. The number of halogens is 2. The molecule has 0 spiro atoms. The summed E-state index contributed by atoms with van der Waals surface area (Å²) in [6, 6.07) is -0.609. The van der Waals surface area contributed by atoms with Gasteiger partial charge in [0.05, 0.1) is 6.10 Å². The van der Waals surface area contributed by atoms with Crippen LogP contribution in [0.3, 0.4) is 0 Å². The van der Waals surface area contributed by atoms with Gasteiger partial charge in [-0.1, -0.05) is 0 Å². The van der Waals surface area contributed by atoms with Crippen LogP contribution in [0.25, 0.3) is 0 Å². The van der Waals surface area contributed by atoms with Gasteiger partial charge in [-0.15, -0.1) is 0 Å². The van der Waals surface area contributed by atoms with Crippen molar-refractivity contribution < 1.29 is 19.0 Å². The second-order valence-electron chi connectivity index (χ2n) is 3.13. The van der Waals surface area contributed by atoms with Crippen LogP contribution in [-0.4, -0.2) is 34.4 Å². The highest BCUT2D eigenvalue weighted by molar-refractivity contribution is 4.77. The van der Waals surface area contributed by atoms with E-state index in [9.17, 15) is 8.78 Å². The third-order valence-electron chi connectivity index (χ3n) is 1.66. The van der Waals surface area contributed by atoms with Crippen molar-refractivity contribution in [3.63, 3.8) is 0 Å². The van der Waals surface area contributed by atoms with Gasteiger partial charge in [0.25, 0.3) is 5.92 Å². The Morgan fingerprint density at radius 1 is 1.42 bits per heavy atom. The maximum absolute atomic E-state index is 12.3. The third kappa shape index (κ3) is 3.94. The highest BCUT2D eigenvalue weighted by Crippen LogP contribution is 2.21. The predicted octanol–water partition coefficient (Wildman–Crippen LogP) is 0.101. The van der Waals surface area contributed by atoms with E-state index in [0.717, 1.165) is 0 Å². The zero-order chi connectivity index (χ0) is 9.94. The summed E-state index contributed by atoms with van der Waals surface area (Å²) in [5.74, 6) is -3.18. The molecule has 4 N–H and O–H groups in total. The molecule has 0 fully saturated rings. The first-order valence-corrected chi connectivity index (χ1v) is 3.74. The lowest BCUT2D eigenvalue weighted by molar-refractivity contribution is -0.109. The maximum atomic E-state index is 12.3. The molecule has 0 aromatic heterocycles. The molecule has 0 saturated heterocycles. The van der Waals surface area contributed by atoms with E-state index in [2.05, 4.69) is 0 Å². The van der Waals surface area contributed by atoms with Crippen LogP contribution < -0.4 is 5.73 Å². The van der Waals surface area contributed by atoms with Crippen LogP contribution >= 0.6 is 0 Å². The summed E-state index contributed by atoms with van der Waals surface area (Å²) in [4.78, 5) is 0. The quantitative estimate of drug-likeness (QED) is 0.579. The molecule has 3 nitrogen and oxygen atoms in total. The van der Waals surface area contributed by atoms with Gasteiger partial charge in [-0.2, -0.15) is 0 Å². The number of aliphatic hydroxyl groups excluding tert-OH is 2. The molecule has 0 aliphatic heterocycles. The van der Waals surface area contributed by atoms with Crippen LogP contribution in [0.1, 0.15) is 20.3 Å². The zero-order valence-electron chi connectivity index (χ0n) is 7.17. The Morgan fingerprint density at radius 2 is 1.83 bits per heavy atom. The number of hydrogen-bond donors (Lipinski definition) is 3. The summed E-state index contributed by atoms with van der Waals surface area (Å²) < 4.78 is 24.7. The van der Waals surface area contributed by atoms with Crippen LogP contribution in [0, 0.1) is 0 Å². The molecule has 0 saturated carbocycles. The fourth-order valence-corrected chi connectivity index (χ4v) is 0.650. The Hall–Kier alpha value is -0.260. The van der Waals surface area contributed by atoms with Crippen molar-refractivity contribution in [2.24, 2.45) is 5.73 Å². The third-order valence-corrected chi connectivity index (χ3v) is 1.66. The average molecular weight is 183 g/mol. The Morgan fingerprint density at radius 3 is 2.08 bits per heavy atom. The molecule has 0 aromatic carbocycles. The highest BCUT2D eigenvalue weighted by Gasteiger charge is 2.34. The first-order valence-electron chi connectivity index (χ1n) is 3.74. The summed E-state index contributed by atoms with van der Waals surface area (Å²) in [7, 11) is 0. The van der Waals surface area contributed by atoms with Gasteiger partial charge in [-0.3, -0.25) is 0 Å². The van der Waals surface area contributed by atoms with Gasteiger partial charge in [0.15, 0.2) is 0 Å². The van der Waals surface area contributed by atoms with E-state index in [-0.39, 0.29) is 0 Å². The minimum atomic E-state index is -3.18. The van der Waals surface area contributed by atoms with Gasteiger partial charge in [-0.05, 0) is 6.92 Å². The van der Waals surface area contributed by atoms with Crippen LogP contribution in [-0.2, 0) is 0 Å². The lowest BCUT2D eigenvalue weighted by Crippen LogP contribution is -2.39. The molecule has 3 atom stereocenters. The van der Waals surface area contributed by atoms with Gasteiger partial charge in [0, 0.05) is 19.4 Å². The Bertz CT molecular complexity index is 136. The maximum Gasteiger partial charge on any atom is 0.270 e. The minimum absolute atomic E-state index is 0.402. The number of rotatable bonds is 4. The van der Waals surface area contributed by atoms with Crippen LogP contribution in [0.2, 0.25) is 0 Å². The summed E-state index contributed by atoms with van der Waals surface area (Å²) in [5.41, 5.74) is 5.22. The molecule has 0 rings (SSSR count). The molecular formula is C7H15F2NO2. The van der Waals surface area contributed by atoms with Crippen molar-refractivity contribution in [1.82, 2.24) is 0 Å². The van der Waals surface area contributed by atoms with E-state index < -0.39 is 30.6 Å². The summed E-state index contributed by atoms with van der Waals surface area (Å²) in [5, 5.41) is 17.9. The molecule has 0 heterocycles. The van der Waals surface area contributed by atoms with Crippen molar-refractivity contribution in [3.8, 4) is 0 Å². The van der Waals surface area contributed by atoms with Crippen molar-refractivity contribution in [1.29, 1.82) is 0 Å². The first-order chi connectivity index (χ1) is 5.25. The topological polar surface area (TPSA) is 66.5 Å². The van der Waals surface area contributed by atoms with E-state index in [0.29, 0.717) is 6.92 Å². The number of nitrogens with two attached hydrogens (primary N) is 1. The lowest BCUT2D eigenvalue weighted by atomic mass is 10.0. The van der Waals surface area contributed by atoms with E-state index in [1.165, 1.54) is 6.92 Å². The Balaban J connectivity index is 3.93. The first kappa shape index (κ1) is 11.7. The Labute approximate surface area is 70.2 Å². The van der Waals surface area contributed by atoms with E-state index in [1.807, 2.05) is 0 Å². The molecule has 5 heteroatoms. The van der Waals surface area contributed by atoms with Crippen LogP contribution in [0.5, 0.6) is 0 Å². The number of alkyl halides is 2. The molecule has 0 aliphatic carbocycles. The molecule has 0 amide bonds. The van der Waals surface area contributed by atoms with Crippen molar-refractivity contribution in [2.45, 2.75) is 44.4 Å². The van der Waals surface area contributed by atoms with Gasteiger partial charge >= 0.3 is 0 Å². The fraction of sp³-hybridized carbons (Fsp3) is 1.00. The number of hydrogen-bond acceptors (Lipinski definition) is 3. The lowest BCUT2D eigenvalue weighted by Gasteiger charge is -2.22. The fourth-order valence-electron chi connectivity index (χ4n) is 0.650. The van der Waals surface area contributed by atoms with Crippen LogP contribution in [0.15, 0.2) is 0 Å². The van der Waals surface area contributed by atoms with E-state index in [1.54, 1.807) is 0 Å². The van der Waals surface area contributed by atoms with Gasteiger partial charge < -0.3 is 15.9 Å². The molecular weight excluding hydrogens is 168 g/mol. The van der Waals surface area contributed by atoms with E-state index in [4.69, 9.17) is 15.9 Å². The number of aliphatic hydroxyl groups is 2. The van der Waals surface area contributed by atoms with Crippen LogP contribution in [0.4, 0.5) is 8.78 Å². The monoisotopic (exact) mass is 183 g/mol. The van der Waals surface area contributed by atoms with E-state index >= 15 is 0 Å². The predicted molar refractivity (Wildman–Crippen MR) is 40.9 cm³/mol. The molecule has 0 aromatic rings. The molecule has 0 radical (unpaired) electrons. The minimum Gasteiger partial charge on any atom is -0.391 e. The van der Waals surface area contributed by atoms with Gasteiger partial charge in [-0.25, -0.2) is 8.78 Å². The van der Waals surface area contributed by atoms with Gasteiger partial charge in [0.2, 0.25) is 0 Å². The smallest absolute Gasteiger partial charge is 0.270 e. The average Bonchev–Trinajstić information content (AvgIpc) is 1.85. The van der Waals surface area contributed by atoms with Crippen molar-refractivity contribution in [3.05, 3.63) is 0 Å². The standard InChI is InChI=1S/C7H15F2NO2/c1-4(10)5(11)3-6(12)7(2,8)9/h4-6,11-12H,3,10H2,1-2H3/t4-,5-,6+/m0/s1. The SMILES string of the molecule is C[C@H](N)[C@@H](O)C[C@@H](O)C(C)(F)F.